The van der Waals surface area contributed by atoms with E-state index in [1.165, 1.54) is 13.8 Å². The van der Waals surface area contributed by atoms with Gasteiger partial charge in [0.15, 0.2) is 0 Å². The number of carbonyl (C=O) groups excluding carboxylic acids is 1. The largest absolute Gasteiger partial charge is 0.577 e. The number of carbonyl (C=O) groups is 1. The van der Waals surface area contributed by atoms with Gasteiger partial charge in [0, 0.05) is 12.8 Å². The fourth-order valence-corrected chi connectivity index (χ4v) is 0.330. The van der Waals surface area contributed by atoms with Gasteiger partial charge < -0.3 is 20.4 Å². The fourth-order valence-electron chi connectivity index (χ4n) is 0.330. The lowest BCUT2D eigenvalue weighted by Crippen LogP contribution is -2.32. The predicted octanol–water partition coefficient (Wildman–Crippen LogP) is -1.04. The Bertz CT molecular complexity index is 226. The van der Waals surface area contributed by atoms with Crippen molar-refractivity contribution in [2.45, 2.75) is 38.6 Å². The molecule has 4 N–H and O–H groups in total. The molecule has 11 heteroatoms. The smallest absolute Gasteiger partial charge is 0.342 e. The molecule has 11 nitrogen and oxygen atoms in total. The highest BCUT2D eigenvalue weighted by Gasteiger charge is 2.26. The van der Waals surface area contributed by atoms with Gasteiger partial charge >= 0.3 is 18.1 Å². The van der Waals surface area contributed by atoms with Crippen molar-refractivity contribution in [3.05, 3.63) is 0 Å². The fraction of sp³-hybridized carbons (Fsp3) is 0.857. The van der Waals surface area contributed by atoms with Crippen LogP contribution >= 0.6 is 0 Å². The first-order chi connectivity index (χ1) is 8.22. The van der Waals surface area contributed by atoms with Crippen LogP contribution in [0.15, 0.2) is 0 Å². The number of aliphatic hydroxyl groups is 4. The first kappa shape index (κ1) is 16.9. The Kier molecular flexibility index (Phi) is 6.97. The Morgan fingerprint density at radius 2 is 1.22 bits per heavy atom. The summed E-state index contributed by atoms with van der Waals surface area (Å²) in [5.41, 5.74) is 0. The number of hydrogen-bond acceptors (Lipinski definition) is 11. The third-order valence-corrected chi connectivity index (χ3v) is 1.46. The highest BCUT2D eigenvalue weighted by Crippen LogP contribution is 2.09. The van der Waals surface area contributed by atoms with Crippen molar-refractivity contribution in [1.29, 1.82) is 0 Å². The maximum atomic E-state index is 10.6. The third kappa shape index (κ3) is 8.10. The van der Waals surface area contributed by atoms with Crippen molar-refractivity contribution >= 4 is 6.16 Å². The van der Waals surface area contributed by atoms with E-state index in [1.54, 1.807) is 0 Å². The second-order valence-corrected chi connectivity index (χ2v) is 2.91. The molecule has 0 aromatic rings. The van der Waals surface area contributed by atoms with Gasteiger partial charge in [0.2, 0.25) is 0 Å². The quantitative estimate of drug-likeness (QED) is 0.244. The van der Waals surface area contributed by atoms with Gasteiger partial charge in [-0.1, -0.05) is 13.8 Å². The molecule has 0 spiro atoms. The van der Waals surface area contributed by atoms with Crippen molar-refractivity contribution in [3.63, 3.8) is 0 Å². The Hall–Kier alpha value is -1.05. The van der Waals surface area contributed by atoms with Gasteiger partial charge in [0.05, 0.1) is 0 Å². The zero-order valence-corrected chi connectivity index (χ0v) is 9.56. The van der Waals surface area contributed by atoms with E-state index in [4.69, 9.17) is 20.4 Å². The molecule has 108 valence electrons. The molecule has 0 aromatic carbocycles. The van der Waals surface area contributed by atoms with Crippen LogP contribution in [0.4, 0.5) is 4.79 Å². The predicted molar refractivity (Wildman–Crippen MR) is 46.8 cm³/mol. The number of hydrogen-bond donors (Lipinski definition) is 4. The summed E-state index contributed by atoms with van der Waals surface area (Å²) in [6.07, 6.45) is -2.23. The molecule has 0 unspecified atom stereocenters. The molecule has 0 bridgehead atoms. The molecule has 0 saturated heterocycles. The van der Waals surface area contributed by atoms with E-state index in [9.17, 15) is 4.79 Å². The Labute approximate surface area is 101 Å². The summed E-state index contributed by atoms with van der Waals surface area (Å²) in [4.78, 5) is 25.5. The normalized spacial score (nSPS) is 12.3. The summed E-state index contributed by atoms with van der Waals surface area (Å²) < 4.78 is 0. The van der Waals surface area contributed by atoms with Crippen LogP contribution in [0.3, 0.4) is 0 Å². The molecule has 0 saturated carbocycles. The lowest BCUT2D eigenvalue weighted by atomic mass is 10.4. The van der Waals surface area contributed by atoms with Crippen molar-refractivity contribution in [3.8, 4) is 0 Å². The average Bonchev–Trinajstić information content (AvgIpc) is 2.28. The van der Waals surface area contributed by atoms with Crippen LogP contribution in [0.2, 0.25) is 0 Å². The molecule has 0 atom stereocenters. The molecule has 0 aliphatic carbocycles. The van der Waals surface area contributed by atoms with E-state index >= 15 is 0 Å². The first-order valence-electron chi connectivity index (χ1n) is 4.70. The van der Waals surface area contributed by atoms with Crippen molar-refractivity contribution in [1.82, 2.24) is 0 Å². The molecule has 0 amide bonds. The zero-order chi connectivity index (χ0) is 14.2. The molecular weight excluding hydrogens is 260 g/mol. The van der Waals surface area contributed by atoms with Crippen molar-refractivity contribution in [2.24, 2.45) is 0 Å². The van der Waals surface area contributed by atoms with Crippen molar-refractivity contribution in [2.75, 3.05) is 0 Å². The Morgan fingerprint density at radius 1 is 0.889 bits per heavy atom. The van der Waals surface area contributed by atoms with Gasteiger partial charge in [-0.3, -0.25) is 0 Å². The molecule has 18 heavy (non-hydrogen) atoms. The summed E-state index contributed by atoms with van der Waals surface area (Å²) in [6, 6.07) is 0. The molecule has 0 heterocycles. The van der Waals surface area contributed by atoms with E-state index in [-0.39, 0.29) is 12.8 Å². The summed E-state index contributed by atoms with van der Waals surface area (Å²) in [7, 11) is 0. The minimum Gasteiger partial charge on any atom is -0.342 e. The van der Waals surface area contributed by atoms with E-state index in [1.807, 2.05) is 0 Å². The molecule has 0 aliphatic heterocycles. The first-order valence-corrected chi connectivity index (χ1v) is 4.70. The monoisotopic (exact) mass is 274 g/mol. The minimum atomic E-state index is -2.65. The Morgan fingerprint density at radius 3 is 1.50 bits per heavy atom. The van der Waals surface area contributed by atoms with Crippen LogP contribution in [0.25, 0.3) is 0 Å². The van der Waals surface area contributed by atoms with Crippen LogP contribution in [-0.4, -0.2) is 38.5 Å². The van der Waals surface area contributed by atoms with Crippen LogP contribution in [0.5, 0.6) is 0 Å². The summed E-state index contributed by atoms with van der Waals surface area (Å²) >= 11 is 0. The maximum Gasteiger partial charge on any atom is 0.577 e. The topological polar surface area (TPSA) is 153 Å². The second-order valence-electron chi connectivity index (χ2n) is 2.91. The van der Waals surface area contributed by atoms with E-state index < -0.39 is 18.1 Å². The lowest BCUT2D eigenvalue weighted by Gasteiger charge is -2.16. The van der Waals surface area contributed by atoms with E-state index in [2.05, 4.69) is 29.6 Å². The van der Waals surface area contributed by atoms with Crippen molar-refractivity contribution < 1.29 is 54.8 Å². The van der Waals surface area contributed by atoms with E-state index in [0.29, 0.717) is 0 Å². The third-order valence-electron chi connectivity index (χ3n) is 1.46. The minimum absolute atomic E-state index is 0.279. The SMILES string of the molecule is CCC(O)(O)OOOC(=O)OOOC(O)(O)CC. The van der Waals surface area contributed by atoms with Gasteiger partial charge in [-0.25, -0.2) is 9.78 Å². The summed E-state index contributed by atoms with van der Waals surface area (Å²) in [6.45, 7) is 2.68. The highest BCUT2D eigenvalue weighted by molar-refractivity contribution is 5.57. The van der Waals surface area contributed by atoms with Gasteiger partial charge in [-0.05, 0) is 10.1 Å². The molecule has 0 fully saturated rings. The van der Waals surface area contributed by atoms with Gasteiger partial charge in [-0.2, -0.15) is 4.79 Å². The Balaban J connectivity index is 3.67. The van der Waals surface area contributed by atoms with Crippen LogP contribution in [0.1, 0.15) is 26.7 Å². The summed E-state index contributed by atoms with van der Waals surface area (Å²) in [5, 5.41) is 42.5. The lowest BCUT2D eigenvalue weighted by molar-refractivity contribution is -0.612. The van der Waals surface area contributed by atoms with Crippen LogP contribution in [-0.2, 0) is 29.6 Å². The standard InChI is InChI=1S/C7H14O11/c1-3-6(9,10)15-17-13-5(8)14-18-16-7(11,12)4-2/h9-12H,3-4H2,1-2H3. The van der Waals surface area contributed by atoms with Gasteiger partial charge in [0.25, 0.3) is 0 Å². The highest BCUT2D eigenvalue weighted by atomic mass is 17.6. The molecular formula is C7H14O11. The molecule has 0 aliphatic rings. The second kappa shape index (κ2) is 7.40. The molecule has 0 aromatic heterocycles. The van der Waals surface area contributed by atoms with Gasteiger partial charge in [0.1, 0.15) is 0 Å². The van der Waals surface area contributed by atoms with Crippen LogP contribution in [0, 0.1) is 0 Å². The molecule has 0 rings (SSSR count). The summed E-state index contributed by atoms with van der Waals surface area (Å²) in [5.74, 6) is -5.30. The number of rotatable bonds is 8. The van der Waals surface area contributed by atoms with Crippen LogP contribution < -0.4 is 0 Å². The zero-order valence-electron chi connectivity index (χ0n) is 9.56. The van der Waals surface area contributed by atoms with E-state index in [0.717, 1.165) is 0 Å². The molecule has 0 radical (unpaired) electrons. The maximum absolute atomic E-state index is 10.6. The average molecular weight is 274 g/mol. The van der Waals surface area contributed by atoms with Gasteiger partial charge in [-0.15, -0.1) is 9.78 Å².